The number of fused-ring (bicyclic) bond motifs is 1. The Kier molecular flexibility index (Phi) is 5.04. The van der Waals surface area contributed by atoms with Gasteiger partial charge in [-0.05, 0) is 5.39 Å². The summed E-state index contributed by atoms with van der Waals surface area (Å²) in [5.74, 6) is 0.661. The zero-order chi connectivity index (χ0) is 10.4. The normalized spacial score (nSPS) is 9.07. The van der Waals surface area contributed by atoms with Gasteiger partial charge in [0.25, 0.3) is 0 Å². The molecule has 0 atom stereocenters. The summed E-state index contributed by atoms with van der Waals surface area (Å²) < 4.78 is 5.01. The molecule has 1 heterocycles. The Balaban J connectivity index is 0.000000461. The second-order valence-corrected chi connectivity index (χ2v) is 2.57. The van der Waals surface area contributed by atoms with Crippen LogP contribution in [0.2, 0.25) is 0 Å². The van der Waals surface area contributed by atoms with Gasteiger partial charge in [-0.2, -0.15) is 0 Å². The number of aromatic nitrogens is 1. The number of rotatable bonds is 1. The van der Waals surface area contributed by atoms with Crippen molar-refractivity contribution in [2.75, 3.05) is 7.11 Å². The van der Waals surface area contributed by atoms with Crippen LogP contribution in [0.1, 0.15) is 0 Å². The van der Waals surface area contributed by atoms with Gasteiger partial charge in [0.1, 0.15) is 0 Å². The Labute approximate surface area is 100 Å². The third-order valence-electron chi connectivity index (χ3n) is 1.82. The average Bonchev–Trinajstić information content (AvgIpc) is 2.31. The molecule has 0 aliphatic rings. The van der Waals surface area contributed by atoms with Gasteiger partial charge in [-0.1, -0.05) is 24.3 Å². The van der Waals surface area contributed by atoms with E-state index in [4.69, 9.17) is 13.7 Å². The maximum atomic E-state index is 5.01. The Bertz CT molecular complexity index is 408. The van der Waals surface area contributed by atoms with Crippen LogP contribution in [0.5, 0.6) is 5.88 Å². The molecule has 0 aliphatic heterocycles. The van der Waals surface area contributed by atoms with Gasteiger partial charge in [0, 0.05) is 17.6 Å². The molecule has 2 rings (SSSR count). The fraction of sp³-hybridized carbons (Fsp3) is 0.100. The first-order chi connectivity index (χ1) is 6.90. The summed E-state index contributed by atoms with van der Waals surface area (Å²) in [7, 11) is 6.35. The molecule has 2 nitrogen and oxygen atoms in total. The van der Waals surface area contributed by atoms with Gasteiger partial charge >= 0.3 is 30.3 Å². The molecule has 0 bridgehead atoms. The van der Waals surface area contributed by atoms with Gasteiger partial charge in [0.2, 0.25) is 5.88 Å². The van der Waals surface area contributed by atoms with Crippen LogP contribution in [0.3, 0.4) is 0 Å². The molecular formula is C10H9ClNOSn. The number of ether oxygens (including phenoxy) is 1. The maximum absolute atomic E-state index is 5.01. The second-order valence-electron chi connectivity index (χ2n) is 2.57. The van der Waals surface area contributed by atoms with Crippen LogP contribution in [-0.2, 0) is 0 Å². The van der Waals surface area contributed by atoms with E-state index in [0.29, 0.717) is 5.88 Å². The van der Waals surface area contributed by atoms with Gasteiger partial charge in [-0.15, -0.1) is 0 Å². The van der Waals surface area contributed by atoms with E-state index in [1.54, 1.807) is 7.11 Å². The Morgan fingerprint density at radius 1 is 1.21 bits per heavy atom. The Morgan fingerprint density at radius 3 is 2.50 bits per heavy atom. The number of hydrogen-bond acceptors (Lipinski definition) is 2. The van der Waals surface area contributed by atoms with Crippen molar-refractivity contribution < 1.29 is 4.74 Å². The average molecular weight is 313 g/mol. The molecule has 0 N–H and O–H groups in total. The fourth-order valence-electron chi connectivity index (χ4n) is 1.17. The van der Waals surface area contributed by atoms with Crippen LogP contribution < -0.4 is 4.74 Å². The zero-order valence-corrected chi connectivity index (χ0v) is 11.3. The molecule has 1 aromatic carbocycles. The van der Waals surface area contributed by atoms with E-state index in [0.717, 1.165) is 32.2 Å². The first-order valence-corrected chi connectivity index (χ1v) is 7.59. The molecule has 14 heavy (non-hydrogen) atoms. The predicted octanol–water partition coefficient (Wildman–Crippen LogP) is 2.55. The van der Waals surface area contributed by atoms with E-state index < -0.39 is 0 Å². The number of nitrogens with zero attached hydrogens (tertiary/aromatic N) is 1. The number of pyridine rings is 1. The van der Waals surface area contributed by atoms with E-state index in [1.165, 1.54) is 0 Å². The first kappa shape index (κ1) is 11.6. The third-order valence-corrected chi connectivity index (χ3v) is 1.82. The minimum absolute atomic E-state index is 0.661. The predicted molar refractivity (Wildman–Crippen MR) is 59.9 cm³/mol. The molecule has 4 heteroatoms. The van der Waals surface area contributed by atoms with Crippen molar-refractivity contribution in [1.82, 2.24) is 4.98 Å². The van der Waals surface area contributed by atoms with E-state index in [1.807, 2.05) is 36.5 Å². The molecule has 0 amide bonds. The van der Waals surface area contributed by atoms with E-state index in [9.17, 15) is 0 Å². The molecule has 1 aromatic heterocycles. The second kappa shape index (κ2) is 6.09. The summed E-state index contributed by atoms with van der Waals surface area (Å²) >= 11 is 1.02. The van der Waals surface area contributed by atoms with Gasteiger partial charge in [-0.3, -0.25) is 0 Å². The zero-order valence-electron chi connectivity index (χ0n) is 7.70. The van der Waals surface area contributed by atoms with Crippen LogP contribution in [0.15, 0.2) is 36.5 Å². The van der Waals surface area contributed by atoms with Crippen molar-refractivity contribution in [3.63, 3.8) is 0 Å². The summed E-state index contributed by atoms with van der Waals surface area (Å²) in [6.45, 7) is 0. The molecule has 3 radical (unpaired) electrons. The summed E-state index contributed by atoms with van der Waals surface area (Å²) in [6, 6.07) is 9.99. The summed E-state index contributed by atoms with van der Waals surface area (Å²) in [4.78, 5) is 4.10. The van der Waals surface area contributed by atoms with Crippen molar-refractivity contribution in [3.8, 4) is 5.88 Å². The van der Waals surface area contributed by atoms with Crippen LogP contribution in [0.25, 0.3) is 10.8 Å². The summed E-state index contributed by atoms with van der Waals surface area (Å²) in [5, 5.41) is 2.29. The van der Waals surface area contributed by atoms with E-state index in [-0.39, 0.29) is 0 Å². The van der Waals surface area contributed by atoms with Gasteiger partial charge in [-0.25, -0.2) is 4.98 Å². The summed E-state index contributed by atoms with van der Waals surface area (Å²) in [5.41, 5.74) is 0. The Morgan fingerprint density at radius 2 is 1.86 bits per heavy atom. The molecular weight excluding hydrogens is 304 g/mol. The van der Waals surface area contributed by atoms with Crippen molar-refractivity contribution in [3.05, 3.63) is 36.5 Å². The minimum atomic E-state index is 0.661. The van der Waals surface area contributed by atoms with E-state index in [2.05, 4.69) is 4.98 Å². The molecule has 2 aromatic rings. The quantitative estimate of drug-likeness (QED) is 0.755. The van der Waals surface area contributed by atoms with Crippen LogP contribution in [-0.4, -0.2) is 33.5 Å². The number of benzene rings is 1. The van der Waals surface area contributed by atoms with Crippen LogP contribution >= 0.6 is 8.92 Å². The summed E-state index contributed by atoms with van der Waals surface area (Å²) in [6.07, 6.45) is 1.81. The Hall–Kier alpha value is -0.481. The number of methoxy groups -OCH3 is 1. The number of halogens is 1. The topological polar surface area (TPSA) is 22.1 Å². The molecule has 71 valence electrons. The monoisotopic (exact) mass is 314 g/mol. The van der Waals surface area contributed by atoms with E-state index >= 15 is 0 Å². The molecule has 0 aliphatic carbocycles. The molecule has 0 unspecified atom stereocenters. The third kappa shape index (κ3) is 2.75. The first-order valence-electron chi connectivity index (χ1n) is 3.98. The van der Waals surface area contributed by atoms with Gasteiger partial charge in [0.05, 0.1) is 7.11 Å². The van der Waals surface area contributed by atoms with Crippen molar-refractivity contribution in [2.45, 2.75) is 0 Å². The van der Waals surface area contributed by atoms with Gasteiger partial charge in [0.15, 0.2) is 0 Å². The standard InChI is InChI=1S/C10H9NO.ClH.Sn/c1-12-10-6-8-4-2-3-5-9(8)7-11-10;;/h2-7H,1H3;1H;/q;;+1/p-1. The molecule has 0 saturated carbocycles. The molecule has 0 saturated heterocycles. The van der Waals surface area contributed by atoms with Crippen LogP contribution in [0.4, 0.5) is 0 Å². The fourth-order valence-corrected chi connectivity index (χ4v) is 1.17. The van der Waals surface area contributed by atoms with Gasteiger partial charge < -0.3 is 4.74 Å². The molecule has 0 fully saturated rings. The SMILES string of the molecule is COc1cc2ccccc2cn1.[Cl][Sn]. The van der Waals surface area contributed by atoms with Crippen LogP contribution in [0, 0.1) is 0 Å². The number of hydrogen-bond donors (Lipinski definition) is 0. The van der Waals surface area contributed by atoms with Crippen molar-refractivity contribution >= 4 is 41.1 Å². The molecule has 0 spiro atoms. The van der Waals surface area contributed by atoms with Crippen molar-refractivity contribution in [2.24, 2.45) is 0 Å². The van der Waals surface area contributed by atoms with Crippen molar-refractivity contribution in [1.29, 1.82) is 0 Å².